The Morgan fingerprint density at radius 2 is 2.15 bits per heavy atom. The normalized spacial score (nSPS) is 22.6. The van der Waals surface area contributed by atoms with E-state index in [0.717, 1.165) is 18.0 Å². The molecule has 5 heteroatoms. The fraction of sp³-hybridized carbons (Fsp3) is 0.533. The highest BCUT2D eigenvalue weighted by Gasteiger charge is 2.30. The van der Waals surface area contributed by atoms with Crippen molar-refractivity contribution in [2.24, 2.45) is 0 Å². The molecule has 0 spiro atoms. The Morgan fingerprint density at radius 3 is 2.80 bits per heavy atom. The van der Waals surface area contributed by atoms with Gasteiger partial charge in [0.25, 0.3) is 0 Å². The number of carbonyl (C=O) groups is 1. The number of nitrogens with zero attached hydrogens (tertiary/aromatic N) is 1. The van der Waals surface area contributed by atoms with Gasteiger partial charge in [0.05, 0.1) is 12.7 Å². The molecule has 1 fully saturated rings. The van der Waals surface area contributed by atoms with E-state index in [-0.39, 0.29) is 18.1 Å². The number of hydrogen-bond donors (Lipinski definition) is 1. The summed E-state index contributed by atoms with van der Waals surface area (Å²) < 4.78 is 5.51. The fourth-order valence-corrected chi connectivity index (χ4v) is 2.43. The molecule has 1 N–H and O–H groups in total. The molecule has 110 valence electrons. The van der Waals surface area contributed by atoms with Crippen LogP contribution in [0, 0.1) is 0 Å². The summed E-state index contributed by atoms with van der Waals surface area (Å²) in [7, 11) is 1.83. The number of nitrogens with one attached hydrogen (secondary N) is 1. The van der Waals surface area contributed by atoms with Crippen molar-refractivity contribution in [3.63, 3.8) is 0 Å². The van der Waals surface area contributed by atoms with Crippen LogP contribution in [0.5, 0.6) is 0 Å². The van der Waals surface area contributed by atoms with Crippen LogP contribution in [0.2, 0.25) is 5.02 Å². The molecule has 1 amide bonds. The first-order valence-electron chi connectivity index (χ1n) is 6.92. The van der Waals surface area contributed by atoms with Crippen LogP contribution in [0.1, 0.15) is 12.5 Å². The van der Waals surface area contributed by atoms with Gasteiger partial charge < -0.3 is 15.0 Å². The van der Waals surface area contributed by atoms with Crippen LogP contribution in [0.4, 0.5) is 0 Å². The second-order valence-electron chi connectivity index (χ2n) is 5.14. The van der Waals surface area contributed by atoms with Gasteiger partial charge in [0.2, 0.25) is 5.91 Å². The maximum atomic E-state index is 12.3. The molecule has 1 aliphatic rings. The molecule has 0 aromatic heterocycles. The summed E-state index contributed by atoms with van der Waals surface area (Å²) in [5.74, 6) is 0.0890. The van der Waals surface area contributed by atoms with Gasteiger partial charge in [-0.15, -0.1) is 0 Å². The molecule has 20 heavy (non-hydrogen) atoms. The number of amides is 1. The number of carbonyl (C=O) groups excluding carboxylic acids is 1. The molecule has 4 nitrogen and oxygen atoms in total. The van der Waals surface area contributed by atoms with E-state index in [2.05, 4.69) is 5.32 Å². The Balaban J connectivity index is 1.86. The van der Waals surface area contributed by atoms with Crippen molar-refractivity contribution in [3.05, 3.63) is 34.9 Å². The van der Waals surface area contributed by atoms with Crippen LogP contribution in [0.15, 0.2) is 24.3 Å². The molecule has 1 saturated heterocycles. The number of ether oxygens (including phenoxy) is 1. The van der Waals surface area contributed by atoms with E-state index in [0.29, 0.717) is 13.2 Å². The topological polar surface area (TPSA) is 41.6 Å². The van der Waals surface area contributed by atoms with Crippen LogP contribution in [-0.4, -0.2) is 49.7 Å². The van der Waals surface area contributed by atoms with Gasteiger partial charge in [-0.05, 0) is 31.0 Å². The van der Waals surface area contributed by atoms with Crippen LogP contribution in [0.25, 0.3) is 0 Å². The molecule has 1 aromatic carbocycles. The van der Waals surface area contributed by atoms with E-state index in [1.807, 2.05) is 38.2 Å². The summed E-state index contributed by atoms with van der Waals surface area (Å²) in [4.78, 5) is 14.1. The molecule has 2 atom stereocenters. The predicted molar refractivity (Wildman–Crippen MR) is 80.0 cm³/mol. The van der Waals surface area contributed by atoms with Crippen molar-refractivity contribution in [2.75, 3.05) is 26.7 Å². The maximum Gasteiger partial charge on any atom is 0.242 e. The molecule has 1 heterocycles. The first-order valence-corrected chi connectivity index (χ1v) is 7.30. The average molecular weight is 297 g/mol. The third-order valence-electron chi connectivity index (χ3n) is 3.61. The summed E-state index contributed by atoms with van der Waals surface area (Å²) in [6.45, 7) is 4.01. The van der Waals surface area contributed by atoms with Crippen LogP contribution >= 0.6 is 11.6 Å². The summed E-state index contributed by atoms with van der Waals surface area (Å²) in [5, 5.41) is 3.95. The van der Waals surface area contributed by atoms with Gasteiger partial charge in [0.15, 0.2) is 0 Å². The monoisotopic (exact) mass is 296 g/mol. The van der Waals surface area contributed by atoms with Gasteiger partial charge in [-0.1, -0.05) is 23.7 Å². The minimum absolute atomic E-state index is 0.0748. The first kappa shape index (κ1) is 15.3. The van der Waals surface area contributed by atoms with E-state index < -0.39 is 0 Å². The lowest BCUT2D eigenvalue weighted by Crippen LogP contribution is -2.55. The largest absolute Gasteiger partial charge is 0.375 e. The SMILES string of the molecule is C[C@H]1OCCN[C@@H]1C(=O)N(C)CCc1ccc(Cl)cc1. The van der Waals surface area contributed by atoms with Crippen LogP contribution in [0.3, 0.4) is 0 Å². The predicted octanol–water partition coefficient (Wildman–Crippen LogP) is 1.72. The summed E-state index contributed by atoms with van der Waals surface area (Å²) in [6, 6.07) is 7.49. The van der Waals surface area contributed by atoms with Gasteiger partial charge in [0, 0.05) is 25.2 Å². The van der Waals surface area contributed by atoms with E-state index in [1.165, 1.54) is 5.56 Å². The molecule has 0 unspecified atom stereocenters. The first-order chi connectivity index (χ1) is 9.58. The van der Waals surface area contributed by atoms with Crippen molar-refractivity contribution >= 4 is 17.5 Å². The Morgan fingerprint density at radius 1 is 1.45 bits per heavy atom. The molecule has 0 saturated carbocycles. The lowest BCUT2D eigenvalue weighted by atomic mass is 10.1. The lowest BCUT2D eigenvalue weighted by molar-refractivity contribution is -0.138. The highest BCUT2D eigenvalue weighted by Crippen LogP contribution is 2.11. The number of likely N-dealkylation sites (N-methyl/N-ethyl adjacent to an activating group) is 1. The minimum Gasteiger partial charge on any atom is -0.375 e. The quantitative estimate of drug-likeness (QED) is 0.920. The second kappa shape index (κ2) is 7.07. The third kappa shape index (κ3) is 3.95. The Labute approximate surface area is 125 Å². The molecule has 0 aliphatic carbocycles. The molecule has 0 radical (unpaired) electrons. The molecular weight excluding hydrogens is 276 g/mol. The van der Waals surface area contributed by atoms with Gasteiger partial charge >= 0.3 is 0 Å². The summed E-state index contributed by atoms with van der Waals surface area (Å²) >= 11 is 5.86. The van der Waals surface area contributed by atoms with Gasteiger partial charge in [-0.2, -0.15) is 0 Å². The van der Waals surface area contributed by atoms with Crippen LogP contribution in [-0.2, 0) is 16.0 Å². The van der Waals surface area contributed by atoms with E-state index in [4.69, 9.17) is 16.3 Å². The summed E-state index contributed by atoms with van der Waals surface area (Å²) in [5.41, 5.74) is 1.18. The maximum absolute atomic E-state index is 12.3. The molecule has 1 aliphatic heterocycles. The third-order valence-corrected chi connectivity index (χ3v) is 3.86. The van der Waals surface area contributed by atoms with Gasteiger partial charge in [-0.25, -0.2) is 0 Å². The number of morpholine rings is 1. The summed E-state index contributed by atoms with van der Waals surface area (Å²) in [6.07, 6.45) is 0.746. The fourth-order valence-electron chi connectivity index (χ4n) is 2.31. The molecule has 2 rings (SSSR count). The zero-order valence-corrected chi connectivity index (χ0v) is 12.7. The van der Waals surface area contributed by atoms with Crippen molar-refractivity contribution in [2.45, 2.75) is 25.5 Å². The zero-order chi connectivity index (χ0) is 14.5. The van der Waals surface area contributed by atoms with Crippen molar-refractivity contribution in [1.29, 1.82) is 0 Å². The van der Waals surface area contributed by atoms with Crippen molar-refractivity contribution in [1.82, 2.24) is 10.2 Å². The van der Waals surface area contributed by atoms with Crippen LogP contribution < -0.4 is 5.32 Å². The smallest absolute Gasteiger partial charge is 0.242 e. The van der Waals surface area contributed by atoms with E-state index in [1.54, 1.807) is 4.90 Å². The van der Waals surface area contributed by atoms with Crippen molar-refractivity contribution < 1.29 is 9.53 Å². The minimum atomic E-state index is -0.237. The highest BCUT2D eigenvalue weighted by molar-refractivity contribution is 6.30. The number of halogens is 1. The van der Waals surface area contributed by atoms with Gasteiger partial charge in [0.1, 0.15) is 6.04 Å². The number of hydrogen-bond acceptors (Lipinski definition) is 3. The highest BCUT2D eigenvalue weighted by atomic mass is 35.5. The van der Waals surface area contributed by atoms with Gasteiger partial charge in [-0.3, -0.25) is 4.79 Å². The lowest BCUT2D eigenvalue weighted by Gasteiger charge is -2.32. The zero-order valence-electron chi connectivity index (χ0n) is 11.9. The Bertz CT molecular complexity index is 450. The Kier molecular flexibility index (Phi) is 5.40. The molecule has 0 bridgehead atoms. The number of rotatable bonds is 4. The van der Waals surface area contributed by atoms with E-state index in [9.17, 15) is 4.79 Å². The standard InChI is InChI=1S/C15H21ClN2O2/c1-11-14(17-8-10-20-11)15(19)18(2)9-7-12-3-5-13(16)6-4-12/h3-6,11,14,17H,7-10H2,1-2H3/t11-,14+/m1/s1. The van der Waals surface area contributed by atoms with E-state index >= 15 is 0 Å². The second-order valence-corrected chi connectivity index (χ2v) is 5.58. The van der Waals surface area contributed by atoms with Crippen molar-refractivity contribution in [3.8, 4) is 0 Å². The Hall–Kier alpha value is -1.10. The number of benzene rings is 1. The average Bonchev–Trinajstić information content (AvgIpc) is 2.46. The molecule has 1 aromatic rings. The molecular formula is C15H21ClN2O2.